The molecule has 3 aromatic heterocycles. The SMILES string of the molecule is O=c1c2cccnc2nc2c3ccccc3c3ccccc3n12. The first-order chi connectivity index (χ1) is 11.3. The predicted octanol–water partition coefficient (Wildman–Crippen LogP) is 3.55. The first-order valence-corrected chi connectivity index (χ1v) is 7.41. The third kappa shape index (κ3) is 1.57. The summed E-state index contributed by atoms with van der Waals surface area (Å²) in [5.74, 6) is 0. The van der Waals surface area contributed by atoms with E-state index >= 15 is 0 Å². The molecule has 2 aromatic carbocycles. The maximum absolute atomic E-state index is 13.0. The summed E-state index contributed by atoms with van der Waals surface area (Å²) in [6.45, 7) is 0. The Morgan fingerprint density at radius 1 is 0.739 bits per heavy atom. The number of aromatic nitrogens is 3. The molecule has 0 fully saturated rings. The van der Waals surface area contributed by atoms with E-state index in [4.69, 9.17) is 0 Å². The fraction of sp³-hybridized carbons (Fsp3) is 0. The molecule has 0 spiro atoms. The molecule has 0 radical (unpaired) electrons. The molecule has 108 valence electrons. The smallest absolute Gasteiger partial charge is 0.267 e. The van der Waals surface area contributed by atoms with Crippen molar-refractivity contribution >= 4 is 38.4 Å². The minimum Gasteiger partial charge on any atom is -0.268 e. The average molecular weight is 297 g/mol. The van der Waals surface area contributed by atoms with Gasteiger partial charge in [0.2, 0.25) is 0 Å². The molecule has 23 heavy (non-hydrogen) atoms. The zero-order valence-electron chi connectivity index (χ0n) is 12.1. The summed E-state index contributed by atoms with van der Waals surface area (Å²) < 4.78 is 1.70. The van der Waals surface area contributed by atoms with Crippen LogP contribution in [-0.4, -0.2) is 14.4 Å². The Bertz CT molecular complexity index is 1290. The Kier molecular flexibility index (Phi) is 2.33. The molecule has 4 nitrogen and oxygen atoms in total. The van der Waals surface area contributed by atoms with Gasteiger partial charge in [0.05, 0.1) is 10.9 Å². The van der Waals surface area contributed by atoms with Crippen molar-refractivity contribution in [3.05, 3.63) is 77.2 Å². The molecule has 0 unspecified atom stereocenters. The van der Waals surface area contributed by atoms with Gasteiger partial charge in [0.25, 0.3) is 5.56 Å². The molecule has 4 heteroatoms. The van der Waals surface area contributed by atoms with Crippen LogP contribution in [0.3, 0.4) is 0 Å². The Morgan fingerprint density at radius 3 is 2.30 bits per heavy atom. The third-order valence-corrected chi connectivity index (χ3v) is 4.25. The summed E-state index contributed by atoms with van der Waals surface area (Å²) in [6, 6.07) is 19.5. The minimum atomic E-state index is -0.0833. The van der Waals surface area contributed by atoms with Gasteiger partial charge >= 0.3 is 0 Å². The largest absolute Gasteiger partial charge is 0.268 e. The number of pyridine rings is 2. The Balaban J connectivity index is 2.25. The fourth-order valence-electron chi connectivity index (χ4n) is 3.23. The van der Waals surface area contributed by atoms with Crippen molar-refractivity contribution in [2.45, 2.75) is 0 Å². The first-order valence-electron chi connectivity index (χ1n) is 7.41. The summed E-state index contributed by atoms with van der Waals surface area (Å²) in [4.78, 5) is 22.0. The van der Waals surface area contributed by atoms with E-state index in [1.165, 1.54) is 0 Å². The van der Waals surface area contributed by atoms with Crippen molar-refractivity contribution < 1.29 is 0 Å². The zero-order chi connectivity index (χ0) is 15.4. The number of rotatable bonds is 0. The van der Waals surface area contributed by atoms with Gasteiger partial charge in [0, 0.05) is 17.0 Å². The van der Waals surface area contributed by atoms with E-state index in [1.807, 2.05) is 42.5 Å². The second-order valence-corrected chi connectivity index (χ2v) is 5.51. The minimum absolute atomic E-state index is 0.0833. The highest BCUT2D eigenvalue weighted by atomic mass is 16.1. The molecular formula is C19H11N3O. The van der Waals surface area contributed by atoms with Crippen molar-refractivity contribution in [3.8, 4) is 0 Å². The highest BCUT2D eigenvalue weighted by Gasteiger charge is 2.13. The van der Waals surface area contributed by atoms with Gasteiger partial charge in [-0.3, -0.25) is 9.20 Å². The fourth-order valence-corrected chi connectivity index (χ4v) is 3.23. The van der Waals surface area contributed by atoms with Crippen LogP contribution in [0.2, 0.25) is 0 Å². The summed E-state index contributed by atoms with van der Waals surface area (Å²) >= 11 is 0. The standard InChI is InChI=1S/C19H11N3O/c23-19-15-9-5-11-20-17(15)21-18-14-8-2-1-6-12(14)13-7-3-4-10-16(13)22(18)19/h1-11H. The summed E-state index contributed by atoms with van der Waals surface area (Å²) in [5, 5.41) is 3.62. The van der Waals surface area contributed by atoms with Gasteiger partial charge in [-0.1, -0.05) is 42.5 Å². The molecule has 0 saturated carbocycles. The zero-order valence-corrected chi connectivity index (χ0v) is 12.1. The van der Waals surface area contributed by atoms with Gasteiger partial charge in [-0.15, -0.1) is 0 Å². The van der Waals surface area contributed by atoms with Crippen LogP contribution in [-0.2, 0) is 0 Å². The van der Waals surface area contributed by atoms with E-state index in [-0.39, 0.29) is 5.56 Å². The number of nitrogens with zero attached hydrogens (tertiary/aromatic N) is 3. The number of hydrogen-bond donors (Lipinski definition) is 0. The van der Waals surface area contributed by atoms with Crippen molar-refractivity contribution in [1.82, 2.24) is 14.4 Å². The van der Waals surface area contributed by atoms with Gasteiger partial charge < -0.3 is 0 Å². The van der Waals surface area contributed by atoms with Crippen LogP contribution >= 0.6 is 0 Å². The Hall–Kier alpha value is -3.27. The quantitative estimate of drug-likeness (QED) is 0.324. The summed E-state index contributed by atoms with van der Waals surface area (Å²) in [5.41, 5.74) is 1.91. The third-order valence-electron chi connectivity index (χ3n) is 4.25. The lowest BCUT2D eigenvalue weighted by Gasteiger charge is -2.11. The van der Waals surface area contributed by atoms with Gasteiger partial charge in [0.1, 0.15) is 0 Å². The molecule has 3 heterocycles. The van der Waals surface area contributed by atoms with Crippen LogP contribution < -0.4 is 5.56 Å². The van der Waals surface area contributed by atoms with Crippen LogP contribution in [0.4, 0.5) is 0 Å². The maximum Gasteiger partial charge on any atom is 0.267 e. The number of para-hydroxylation sites is 1. The van der Waals surface area contributed by atoms with Gasteiger partial charge in [-0.25, -0.2) is 9.97 Å². The van der Waals surface area contributed by atoms with E-state index in [1.54, 1.807) is 22.7 Å². The van der Waals surface area contributed by atoms with E-state index in [9.17, 15) is 4.79 Å². The van der Waals surface area contributed by atoms with Gasteiger partial charge in [-0.2, -0.15) is 0 Å². The molecule has 0 atom stereocenters. The van der Waals surface area contributed by atoms with E-state index in [0.29, 0.717) is 16.7 Å². The molecule has 5 aromatic rings. The van der Waals surface area contributed by atoms with Crippen LogP contribution in [0.5, 0.6) is 0 Å². The lowest BCUT2D eigenvalue weighted by molar-refractivity contribution is 1.12. The van der Waals surface area contributed by atoms with E-state index in [0.717, 1.165) is 21.7 Å². The second kappa shape index (κ2) is 4.36. The molecule has 0 aliphatic carbocycles. The lowest BCUT2D eigenvalue weighted by atomic mass is 10.1. The van der Waals surface area contributed by atoms with E-state index in [2.05, 4.69) is 16.0 Å². The topological polar surface area (TPSA) is 47.3 Å². The molecule has 0 aliphatic heterocycles. The maximum atomic E-state index is 13.0. The van der Waals surface area contributed by atoms with Crippen molar-refractivity contribution in [2.24, 2.45) is 0 Å². The molecule has 0 aliphatic rings. The monoisotopic (exact) mass is 297 g/mol. The number of benzene rings is 2. The van der Waals surface area contributed by atoms with E-state index < -0.39 is 0 Å². The van der Waals surface area contributed by atoms with Gasteiger partial charge in [0.15, 0.2) is 11.3 Å². The molecule has 5 rings (SSSR count). The predicted molar refractivity (Wildman–Crippen MR) is 91.8 cm³/mol. The summed E-state index contributed by atoms with van der Waals surface area (Å²) in [7, 11) is 0. The number of hydrogen-bond acceptors (Lipinski definition) is 3. The molecule has 0 N–H and O–H groups in total. The van der Waals surface area contributed by atoms with Gasteiger partial charge in [-0.05, 0) is 23.6 Å². The molecule has 0 saturated heterocycles. The number of fused-ring (bicyclic) bond motifs is 7. The lowest BCUT2D eigenvalue weighted by Crippen LogP contribution is -2.16. The van der Waals surface area contributed by atoms with Crippen molar-refractivity contribution in [2.75, 3.05) is 0 Å². The Labute approximate surface area is 130 Å². The average Bonchev–Trinajstić information content (AvgIpc) is 2.62. The highest BCUT2D eigenvalue weighted by Crippen LogP contribution is 2.27. The normalized spacial score (nSPS) is 11.7. The highest BCUT2D eigenvalue weighted by molar-refractivity contribution is 6.12. The second-order valence-electron chi connectivity index (χ2n) is 5.51. The Morgan fingerprint density at radius 2 is 1.43 bits per heavy atom. The summed E-state index contributed by atoms with van der Waals surface area (Å²) in [6.07, 6.45) is 1.66. The van der Waals surface area contributed by atoms with Crippen LogP contribution in [0, 0.1) is 0 Å². The molecule has 0 bridgehead atoms. The van der Waals surface area contributed by atoms with Crippen LogP contribution in [0.25, 0.3) is 38.4 Å². The van der Waals surface area contributed by atoms with Crippen LogP contribution in [0.15, 0.2) is 71.7 Å². The van der Waals surface area contributed by atoms with Crippen molar-refractivity contribution in [3.63, 3.8) is 0 Å². The van der Waals surface area contributed by atoms with Crippen LogP contribution in [0.1, 0.15) is 0 Å². The molecule has 0 amide bonds. The molecular weight excluding hydrogens is 286 g/mol. The first kappa shape index (κ1) is 12.3. The van der Waals surface area contributed by atoms with Crippen molar-refractivity contribution in [1.29, 1.82) is 0 Å².